The number of para-hydroxylation sites is 2. The molecular weight excluding hydrogens is 721 g/mol. The van der Waals surface area contributed by atoms with E-state index in [1.807, 2.05) is 51.2 Å². The summed E-state index contributed by atoms with van der Waals surface area (Å²) < 4.78 is 12.2. The van der Waals surface area contributed by atoms with Gasteiger partial charge in [-0.2, -0.15) is 0 Å². The zero-order valence-corrected chi connectivity index (χ0v) is 33.8. The number of hydrogen-bond donors (Lipinski definition) is 2. The molecule has 1 atom stereocenters. The van der Waals surface area contributed by atoms with E-state index in [4.69, 9.17) is 14.6 Å². The minimum absolute atomic E-state index is 0.452. The first-order valence-corrected chi connectivity index (χ1v) is 20.8. The Kier molecular flexibility index (Phi) is 10.6. The minimum Gasteiger partial charge on any atom is -0.456 e. The summed E-state index contributed by atoms with van der Waals surface area (Å²) in [6, 6.07) is 53.4. The van der Waals surface area contributed by atoms with Crippen LogP contribution in [0.5, 0.6) is 0 Å². The molecule has 7 aromatic carbocycles. The maximum Gasteiger partial charge on any atom is 0.138 e. The highest BCUT2D eigenvalue weighted by Gasteiger charge is 2.29. The Morgan fingerprint density at radius 3 is 2.22 bits per heavy atom. The molecule has 1 unspecified atom stereocenters. The molecule has 59 heavy (non-hydrogen) atoms. The second-order valence-corrected chi connectivity index (χ2v) is 14.8. The summed E-state index contributed by atoms with van der Waals surface area (Å²) in [7, 11) is 1.96. The predicted octanol–water partition coefficient (Wildman–Crippen LogP) is 14.2. The zero-order chi connectivity index (χ0) is 40.3. The molecule has 4 nitrogen and oxygen atoms in total. The number of furan rings is 2. The fourth-order valence-electron chi connectivity index (χ4n) is 8.86. The number of hydrogen-bond acceptors (Lipinski definition) is 4. The molecular formula is C55H48N2O2. The molecule has 0 saturated heterocycles. The smallest absolute Gasteiger partial charge is 0.138 e. The Hall–Kier alpha value is -6.88. The van der Waals surface area contributed by atoms with Crippen LogP contribution in [0.3, 0.4) is 0 Å². The number of allylic oxidation sites excluding steroid dienone is 5. The third kappa shape index (κ3) is 6.96. The van der Waals surface area contributed by atoms with Gasteiger partial charge in [-0.3, -0.25) is 0 Å². The lowest BCUT2D eigenvalue weighted by molar-refractivity contribution is 0.664. The van der Waals surface area contributed by atoms with Gasteiger partial charge < -0.3 is 19.9 Å². The molecule has 0 aliphatic heterocycles. The van der Waals surface area contributed by atoms with Gasteiger partial charge >= 0.3 is 0 Å². The van der Waals surface area contributed by atoms with E-state index in [1.54, 1.807) is 0 Å². The SMILES string of the molecule is CC.CN/C(=C\Cc1cccc2c1oc1ccccc12)c1ccccc1.NCc1cccc2oc3ccc(-c4ccc5c(c4)-c4ccccc4C4CC=CC=C54)cc3c12. The maximum atomic E-state index is 6.11. The Bertz CT molecular complexity index is 3050. The van der Waals surface area contributed by atoms with Gasteiger partial charge in [0.25, 0.3) is 0 Å². The van der Waals surface area contributed by atoms with Crippen LogP contribution in [0.25, 0.3) is 77.4 Å². The predicted molar refractivity (Wildman–Crippen MR) is 249 cm³/mol. The molecule has 2 aliphatic rings. The Morgan fingerprint density at radius 1 is 0.644 bits per heavy atom. The number of rotatable bonds is 6. The lowest BCUT2D eigenvalue weighted by Crippen LogP contribution is -2.11. The van der Waals surface area contributed by atoms with Crippen molar-refractivity contribution in [1.29, 1.82) is 0 Å². The second-order valence-electron chi connectivity index (χ2n) is 14.8. The van der Waals surface area contributed by atoms with E-state index in [9.17, 15) is 0 Å². The molecule has 2 heterocycles. The van der Waals surface area contributed by atoms with Crippen molar-refractivity contribution in [2.75, 3.05) is 7.05 Å². The standard InChI is InChI=1S/C31H23NO.C22H19NO.C2H6/c32-18-21-6-5-11-30-31(21)28-17-20(13-15-29(28)33-30)19-12-14-26-24-9-2-1-7-22(24)23-8-3-4-10-25(23)27(26)16-19;1-23-20(16-8-3-2-4-9-16)15-14-17-10-7-12-19-18-11-5-6-13-21(18)24-22(17)19;1-2/h1-6,8-17,22H,7,18,32H2;2-13,15,23H,14H2,1H3;1-2H3/b;20-15-;. The first-order valence-electron chi connectivity index (χ1n) is 20.8. The third-order valence-electron chi connectivity index (χ3n) is 11.6. The topological polar surface area (TPSA) is 64.3 Å². The van der Waals surface area contributed by atoms with E-state index in [2.05, 4.69) is 151 Å². The normalized spacial score (nSPS) is 14.1. The van der Waals surface area contributed by atoms with Gasteiger partial charge in [-0.05, 0) is 98.8 Å². The van der Waals surface area contributed by atoms with E-state index in [1.165, 1.54) is 60.9 Å². The van der Waals surface area contributed by atoms with Gasteiger partial charge in [0.05, 0.1) is 0 Å². The van der Waals surface area contributed by atoms with Crippen LogP contribution in [-0.2, 0) is 13.0 Å². The van der Waals surface area contributed by atoms with Crippen LogP contribution in [-0.4, -0.2) is 7.05 Å². The molecule has 0 saturated carbocycles. The lowest BCUT2D eigenvalue weighted by atomic mass is 9.72. The van der Waals surface area contributed by atoms with E-state index >= 15 is 0 Å². The van der Waals surface area contributed by atoms with Crippen molar-refractivity contribution in [3.63, 3.8) is 0 Å². The monoisotopic (exact) mass is 768 g/mol. The minimum atomic E-state index is 0.452. The van der Waals surface area contributed by atoms with Gasteiger partial charge in [0.1, 0.15) is 22.3 Å². The average Bonchev–Trinajstić information content (AvgIpc) is 3.89. The van der Waals surface area contributed by atoms with Crippen LogP contribution in [0.2, 0.25) is 0 Å². The number of nitrogens with one attached hydrogen (secondary N) is 1. The van der Waals surface area contributed by atoms with Crippen molar-refractivity contribution in [2.45, 2.75) is 39.2 Å². The van der Waals surface area contributed by atoms with Crippen molar-refractivity contribution in [3.05, 3.63) is 204 Å². The molecule has 0 spiro atoms. The van der Waals surface area contributed by atoms with Gasteiger partial charge in [0.2, 0.25) is 0 Å². The van der Waals surface area contributed by atoms with E-state index in [0.29, 0.717) is 12.5 Å². The Morgan fingerprint density at radius 2 is 1.36 bits per heavy atom. The molecule has 2 aliphatic carbocycles. The van der Waals surface area contributed by atoms with Gasteiger partial charge in [0, 0.05) is 46.8 Å². The molecule has 2 aromatic heterocycles. The maximum absolute atomic E-state index is 6.11. The first kappa shape index (κ1) is 37.7. The Labute approximate surface area is 346 Å². The number of fused-ring (bicyclic) bond motifs is 12. The van der Waals surface area contributed by atoms with Gasteiger partial charge in [-0.1, -0.05) is 159 Å². The largest absolute Gasteiger partial charge is 0.456 e. The summed E-state index contributed by atoms with van der Waals surface area (Å²) in [5.41, 5.74) is 23.7. The highest BCUT2D eigenvalue weighted by molar-refractivity contribution is 6.08. The van der Waals surface area contributed by atoms with Crippen LogP contribution in [0.4, 0.5) is 0 Å². The van der Waals surface area contributed by atoms with Crippen LogP contribution in [0, 0.1) is 0 Å². The summed E-state index contributed by atoms with van der Waals surface area (Å²) >= 11 is 0. The summed E-state index contributed by atoms with van der Waals surface area (Å²) in [4.78, 5) is 0. The van der Waals surface area contributed by atoms with Gasteiger partial charge in [0.15, 0.2) is 0 Å². The number of benzene rings is 7. The molecule has 3 N–H and O–H groups in total. The molecule has 4 heteroatoms. The summed E-state index contributed by atoms with van der Waals surface area (Å²) in [5.74, 6) is 0.452. The quantitative estimate of drug-likeness (QED) is 0.177. The van der Waals surface area contributed by atoms with Crippen molar-refractivity contribution in [2.24, 2.45) is 5.73 Å². The number of nitrogens with two attached hydrogens (primary N) is 1. The molecule has 0 fully saturated rings. The molecule has 11 rings (SSSR count). The second kappa shape index (κ2) is 16.5. The van der Waals surface area contributed by atoms with Crippen LogP contribution >= 0.6 is 0 Å². The molecule has 0 bridgehead atoms. The van der Waals surface area contributed by atoms with E-state index in [0.717, 1.165) is 57.2 Å². The van der Waals surface area contributed by atoms with E-state index < -0.39 is 0 Å². The average molecular weight is 769 g/mol. The highest BCUT2D eigenvalue weighted by Crippen LogP contribution is 2.50. The zero-order valence-electron chi connectivity index (χ0n) is 33.8. The van der Waals surface area contributed by atoms with Gasteiger partial charge in [-0.25, -0.2) is 0 Å². The van der Waals surface area contributed by atoms with Crippen molar-refractivity contribution >= 4 is 55.1 Å². The molecule has 290 valence electrons. The third-order valence-corrected chi connectivity index (χ3v) is 11.6. The molecule has 0 amide bonds. The molecule has 9 aromatic rings. The van der Waals surface area contributed by atoms with E-state index in [-0.39, 0.29) is 0 Å². The summed E-state index contributed by atoms with van der Waals surface area (Å²) in [5, 5.41) is 7.91. The Balaban J connectivity index is 0.000000153. The fraction of sp³-hybridized carbons (Fsp3) is 0.127. The van der Waals surface area contributed by atoms with Crippen LogP contribution in [0.1, 0.15) is 54.0 Å². The van der Waals surface area contributed by atoms with Crippen LogP contribution in [0.15, 0.2) is 185 Å². The fourth-order valence-corrected chi connectivity index (χ4v) is 8.86. The van der Waals surface area contributed by atoms with Crippen molar-refractivity contribution in [3.8, 4) is 22.3 Å². The lowest BCUT2D eigenvalue weighted by Gasteiger charge is -2.32. The van der Waals surface area contributed by atoms with Crippen LogP contribution < -0.4 is 11.1 Å². The van der Waals surface area contributed by atoms with Crippen molar-refractivity contribution < 1.29 is 8.83 Å². The molecule has 0 radical (unpaired) electrons. The van der Waals surface area contributed by atoms with Crippen molar-refractivity contribution in [1.82, 2.24) is 5.32 Å². The highest BCUT2D eigenvalue weighted by atomic mass is 16.3. The summed E-state index contributed by atoms with van der Waals surface area (Å²) in [6.45, 7) is 4.50. The summed E-state index contributed by atoms with van der Waals surface area (Å²) in [6.07, 6.45) is 10.9. The first-order chi connectivity index (χ1) is 29.2. The van der Waals surface area contributed by atoms with Gasteiger partial charge in [-0.15, -0.1) is 0 Å².